The molecular weight excluding hydrogens is 145 g/mol. The van der Waals surface area contributed by atoms with E-state index in [0.29, 0.717) is 0 Å². The van der Waals surface area contributed by atoms with Crippen LogP contribution in [0.4, 0.5) is 0 Å². The van der Waals surface area contributed by atoms with Gasteiger partial charge in [0.25, 0.3) is 0 Å². The van der Waals surface area contributed by atoms with Gasteiger partial charge in [-0.05, 0) is 5.53 Å². The molecule has 0 unspecified atom stereocenters. The molecule has 0 aromatic rings. The van der Waals surface area contributed by atoms with Gasteiger partial charge >= 0.3 is 51.4 Å². The molecule has 0 saturated carbocycles. The zero-order chi connectivity index (χ0) is 5.86. The van der Waals surface area contributed by atoms with E-state index in [1.54, 1.807) is 5.53 Å². The molecule has 0 radical (unpaired) electrons. The van der Waals surface area contributed by atoms with Crippen molar-refractivity contribution in [3.05, 3.63) is 25.8 Å². The first kappa shape index (κ1) is 11.1. The van der Waals surface area contributed by atoms with Gasteiger partial charge in [-0.2, -0.15) is 0 Å². The number of rotatable bonds is 2. The fourth-order valence-electron chi connectivity index (χ4n) is 0.0596. The maximum absolute atomic E-state index is 9.01. The van der Waals surface area contributed by atoms with Gasteiger partial charge in [-0.3, -0.25) is 20.2 Å². The Morgan fingerprint density at radius 3 is 1.38 bits per heavy atom. The van der Waals surface area contributed by atoms with Crippen molar-refractivity contribution in [3.63, 3.8) is 0 Å². The van der Waals surface area contributed by atoms with Crippen molar-refractivity contribution in [2.75, 3.05) is 0 Å². The van der Waals surface area contributed by atoms with Crippen molar-refractivity contribution in [1.82, 2.24) is 0 Å². The van der Waals surface area contributed by atoms with Crippen LogP contribution in [0.25, 0.3) is 5.53 Å². The summed E-state index contributed by atoms with van der Waals surface area (Å²) in [6, 6.07) is 0. The molecule has 0 aliphatic rings. The van der Waals surface area contributed by atoms with Gasteiger partial charge in [0.2, 0.25) is 0 Å². The summed E-state index contributed by atoms with van der Waals surface area (Å²) in [5.74, 6) is 0. The third-order valence-corrected chi connectivity index (χ3v) is 0.146. The van der Waals surface area contributed by atoms with E-state index in [-0.39, 0.29) is 51.4 Å². The van der Waals surface area contributed by atoms with Gasteiger partial charge in [0.05, 0.1) is 0 Å². The molecule has 0 aliphatic carbocycles. The predicted octanol–water partition coefficient (Wildman–Crippen LogP) is -3.25. The van der Waals surface area contributed by atoms with E-state index >= 15 is 0 Å². The number of nitro groups is 2. The summed E-state index contributed by atoms with van der Waals surface area (Å²) in [4.78, 5) is 18.0. The molecule has 0 aromatic carbocycles. The monoisotopic (exact) mass is 145 g/mol. The Balaban J connectivity index is 0. The van der Waals surface area contributed by atoms with Gasteiger partial charge in [0, 0.05) is 10.1 Å². The Morgan fingerprint density at radius 1 is 1.12 bits per heavy atom. The summed E-state index contributed by atoms with van der Waals surface area (Å²) in [7, 11) is 0. The van der Waals surface area contributed by atoms with Gasteiger partial charge in [0.1, 0.15) is 0 Å². The van der Waals surface area contributed by atoms with E-state index in [0.717, 1.165) is 0 Å². The van der Waals surface area contributed by atoms with Crippen molar-refractivity contribution in [2.24, 2.45) is 0 Å². The van der Waals surface area contributed by atoms with Crippen LogP contribution in [0.1, 0.15) is 0 Å². The number of hydrogen-bond donors (Lipinski definition) is 0. The quantitative estimate of drug-likeness (QED) is 0.231. The van der Waals surface area contributed by atoms with Crippen LogP contribution in [0.3, 0.4) is 0 Å². The second-order valence-corrected chi connectivity index (χ2v) is 0.565. The molecule has 8 heavy (non-hydrogen) atoms. The third-order valence-electron chi connectivity index (χ3n) is 0.146. The molecule has 0 aliphatic heterocycles. The Labute approximate surface area is 86.1 Å². The number of nitrogens with zero attached hydrogens (tertiary/aromatic N) is 3. The Bertz CT molecular complexity index is 87.5. The largest absolute Gasteiger partial charge is 1.00 e. The van der Waals surface area contributed by atoms with E-state index in [1.807, 2.05) is 0 Å². The van der Waals surface area contributed by atoms with E-state index < -0.39 is 10.1 Å². The average molecular weight is 145 g/mol. The molecule has 0 fully saturated rings. The van der Waals surface area contributed by atoms with E-state index in [1.165, 1.54) is 0 Å². The normalized spacial score (nSPS) is 6.50. The molecule has 0 spiro atoms. The maximum atomic E-state index is 9.01. The van der Waals surface area contributed by atoms with Gasteiger partial charge in [0.15, 0.2) is 0 Å². The SMILES string of the molecule is O=[N+]([O-])[N-][N+](=O)[O-].[K+]. The summed E-state index contributed by atoms with van der Waals surface area (Å²) < 4.78 is 0. The summed E-state index contributed by atoms with van der Waals surface area (Å²) in [6.45, 7) is 0. The van der Waals surface area contributed by atoms with Crippen LogP contribution in [-0.4, -0.2) is 10.1 Å². The fourth-order valence-corrected chi connectivity index (χ4v) is 0.0596. The van der Waals surface area contributed by atoms with Crippen molar-refractivity contribution < 1.29 is 61.4 Å². The summed E-state index contributed by atoms with van der Waals surface area (Å²) in [5.41, 5.74) is 1.72. The van der Waals surface area contributed by atoms with Crippen molar-refractivity contribution in [1.29, 1.82) is 0 Å². The zero-order valence-corrected chi connectivity index (χ0v) is 7.10. The molecule has 40 valence electrons. The van der Waals surface area contributed by atoms with Gasteiger partial charge < -0.3 is 0 Å². The Kier molecular flexibility index (Phi) is 7.45. The Morgan fingerprint density at radius 2 is 1.38 bits per heavy atom. The van der Waals surface area contributed by atoms with Crippen LogP contribution in [0.2, 0.25) is 0 Å². The van der Waals surface area contributed by atoms with Crippen LogP contribution in [-0.2, 0) is 0 Å². The van der Waals surface area contributed by atoms with E-state index in [2.05, 4.69) is 0 Å². The van der Waals surface area contributed by atoms with E-state index in [4.69, 9.17) is 20.2 Å². The minimum atomic E-state index is -1.38. The molecule has 7 nitrogen and oxygen atoms in total. The van der Waals surface area contributed by atoms with E-state index in [9.17, 15) is 0 Å². The topological polar surface area (TPSA) is 100 Å². The minimum Gasteiger partial charge on any atom is -0.264 e. The Hall–Kier alpha value is 0.236. The smallest absolute Gasteiger partial charge is 0.264 e. The molecule has 0 aromatic heterocycles. The molecule has 0 rings (SSSR count). The van der Waals surface area contributed by atoms with Crippen LogP contribution in [0, 0.1) is 20.2 Å². The van der Waals surface area contributed by atoms with Crippen molar-refractivity contribution in [2.45, 2.75) is 0 Å². The van der Waals surface area contributed by atoms with Crippen LogP contribution < -0.4 is 51.4 Å². The number of hydrogen-bond acceptors (Lipinski definition) is 4. The molecular formula is KN3O4. The molecule has 0 amide bonds. The second-order valence-electron chi connectivity index (χ2n) is 0.565. The van der Waals surface area contributed by atoms with Crippen LogP contribution in [0.5, 0.6) is 0 Å². The molecule has 0 bridgehead atoms. The summed E-state index contributed by atoms with van der Waals surface area (Å²) >= 11 is 0. The van der Waals surface area contributed by atoms with Gasteiger partial charge in [-0.1, -0.05) is 0 Å². The zero-order valence-electron chi connectivity index (χ0n) is 3.97. The predicted molar refractivity (Wildman–Crippen MR) is 17.3 cm³/mol. The van der Waals surface area contributed by atoms with Crippen molar-refractivity contribution in [3.8, 4) is 0 Å². The minimum absolute atomic E-state index is 0. The summed E-state index contributed by atoms with van der Waals surface area (Å²) in [6.07, 6.45) is 0. The maximum Gasteiger partial charge on any atom is 1.00 e. The third kappa shape index (κ3) is 9.53. The molecule has 0 saturated heterocycles. The first-order chi connectivity index (χ1) is 3.13. The van der Waals surface area contributed by atoms with Gasteiger partial charge in [-0.15, -0.1) is 0 Å². The first-order valence-corrected chi connectivity index (χ1v) is 1.13. The van der Waals surface area contributed by atoms with Crippen LogP contribution >= 0.6 is 0 Å². The molecule has 8 heteroatoms. The second kappa shape index (κ2) is 5.37. The first-order valence-electron chi connectivity index (χ1n) is 1.13. The van der Waals surface area contributed by atoms with Crippen molar-refractivity contribution >= 4 is 0 Å². The molecule has 0 atom stereocenters. The fraction of sp³-hybridized carbons (Fsp3) is 0. The average Bonchev–Trinajstić information content (AvgIpc) is 1.27. The molecule has 0 N–H and O–H groups in total. The van der Waals surface area contributed by atoms with Crippen LogP contribution in [0.15, 0.2) is 0 Å². The molecule has 0 heterocycles. The standard InChI is InChI=1S/K.N3O4/c;4-2(5)1-3(6)7/q+1;-1. The van der Waals surface area contributed by atoms with Gasteiger partial charge in [-0.25, -0.2) is 0 Å². The summed E-state index contributed by atoms with van der Waals surface area (Å²) in [5, 5.41) is 15.3.